The van der Waals surface area contributed by atoms with Crippen LogP contribution >= 0.6 is 11.6 Å². The molecular formula is C25H30ClNO6. The SMILES string of the molecule is CC(C)C(=O)N1CCCC(Oc2ccc(OCCCOc3ccc(Cl)cc3)c(C(=O)O)c2)C1. The molecule has 0 aliphatic carbocycles. The highest BCUT2D eigenvalue weighted by Crippen LogP contribution is 2.27. The maximum absolute atomic E-state index is 12.3. The van der Waals surface area contributed by atoms with Crippen molar-refractivity contribution in [2.24, 2.45) is 5.92 Å². The van der Waals surface area contributed by atoms with E-state index in [0.29, 0.717) is 42.7 Å². The molecule has 1 fully saturated rings. The molecule has 0 radical (unpaired) electrons. The monoisotopic (exact) mass is 475 g/mol. The summed E-state index contributed by atoms with van der Waals surface area (Å²) >= 11 is 5.85. The van der Waals surface area contributed by atoms with Crippen molar-refractivity contribution in [1.29, 1.82) is 0 Å². The zero-order chi connectivity index (χ0) is 23.8. The Morgan fingerprint density at radius 1 is 1.09 bits per heavy atom. The summed E-state index contributed by atoms with van der Waals surface area (Å²) in [6.07, 6.45) is 2.09. The van der Waals surface area contributed by atoms with Gasteiger partial charge in [0.1, 0.15) is 28.9 Å². The summed E-state index contributed by atoms with van der Waals surface area (Å²) in [5.41, 5.74) is 0.0389. The lowest BCUT2D eigenvalue weighted by molar-refractivity contribution is -0.137. The lowest BCUT2D eigenvalue weighted by Gasteiger charge is -2.34. The summed E-state index contributed by atoms with van der Waals surface area (Å²) in [6.45, 7) is 5.74. The van der Waals surface area contributed by atoms with E-state index >= 15 is 0 Å². The van der Waals surface area contributed by atoms with E-state index < -0.39 is 5.97 Å². The van der Waals surface area contributed by atoms with Gasteiger partial charge in [-0.2, -0.15) is 0 Å². The number of hydrogen-bond donors (Lipinski definition) is 1. The summed E-state index contributed by atoms with van der Waals surface area (Å²) in [4.78, 5) is 25.9. The molecule has 7 nitrogen and oxygen atoms in total. The van der Waals surface area contributed by atoms with Gasteiger partial charge in [-0.1, -0.05) is 25.4 Å². The number of halogens is 1. The van der Waals surface area contributed by atoms with Crippen LogP contribution in [-0.2, 0) is 4.79 Å². The largest absolute Gasteiger partial charge is 0.493 e. The van der Waals surface area contributed by atoms with Crippen LogP contribution in [0.5, 0.6) is 17.2 Å². The second-order valence-electron chi connectivity index (χ2n) is 8.29. The van der Waals surface area contributed by atoms with E-state index in [1.54, 1.807) is 36.4 Å². The highest BCUT2D eigenvalue weighted by atomic mass is 35.5. The van der Waals surface area contributed by atoms with E-state index in [4.69, 9.17) is 25.8 Å². The van der Waals surface area contributed by atoms with Gasteiger partial charge in [-0.25, -0.2) is 4.79 Å². The van der Waals surface area contributed by atoms with Gasteiger partial charge in [-0.3, -0.25) is 4.79 Å². The van der Waals surface area contributed by atoms with E-state index in [-0.39, 0.29) is 29.2 Å². The van der Waals surface area contributed by atoms with Crippen molar-refractivity contribution in [2.45, 2.75) is 39.2 Å². The number of carboxylic acids is 1. The second-order valence-corrected chi connectivity index (χ2v) is 8.72. The number of rotatable bonds is 10. The van der Waals surface area contributed by atoms with Gasteiger partial charge in [0.25, 0.3) is 0 Å². The minimum atomic E-state index is -1.09. The number of ether oxygens (including phenoxy) is 3. The number of amides is 1. The summed E-state index contributed by atoms with van der Waals surface area (Å²) in [5, 5.41) is 10.3. The quantitative estimate of drug-likeness (QED) is 0.491. The molecule has 1 amide bonds. The zero-order valence-corrected chi connectivity index (χ0v) is 19.7. The van der Waals surface area contributed by atoms with Crippen molar-refractivity contribution in [3.8, 4) is 17.2 Å². The molecule has 0 saturated carbocycles. The third-order valence-electron chi connectivity index (χ3n) is 5.30. The average molecular weight is 476 g/mol. The molecule has 0 bridgehead atoms. The molecule has 0 aromatic heterocycles. The van der Waals surface area contributed by atoms with Crippen molar-refractivity contribution in [2.75, 3.05) is 26.3 Å². The number of carbonyl (C=O) groups excluding carboxylic acids is 1. The normalized spacial score (nSPS) is 15.9. The van der Waals surface area contributed by atoms with Gasteiger partial charge >= 0.3 is 5.97 Å². The van der Waals surface area contributed by atoms with Gasteiger partial charge in [0.2, 0.25) is 5.91 Å². The molecule has 3 rings (SSSR count). The molecule has 1 N–H and O–H groups in total. The summed E-state index contributed by atoms with van der Waals surface area (Å²) in [7, 11) is 0. The van der Waals surface area contributed by atoms with Crippen LogP contribution in [0.4, 0.5) is 0 Å². The molecule has 2 aromatic rings. The average Bonchev–Trinajstić information content (AvgIpc) is 2.80. The van der Waals surface area contributed by atoms with Crippen molar-refractivity contribution < 1.29 is 28.9 Å². The molecule has 1 aliphatic heterocycles. The smallest absolute Gasteiger partial charge is 0.339 e. The molecule has 2 aromatic carbocycles. The van der Waals surface area contributed by atoms with Crippen LogP contribution in [0.15, 0.2) is 42.5 Å². The molecule has 8 heteroatoms. The standard InChI is InChI=1S/C25H30ClNO6/c1-17(2)24(28)27-12-3-5-21(16-27)33-20-10-11-23(22(15-20)25(29)30)32-14-4-13-31-19-8-6-18(26)7-9-19/h6-11,15,17,21H,3-5,12-14,16H2,1-2H3,(H,29,30). The third-order valence-corrected chi connectivity index (χ3v) is 5.55. The van der Waals surface area contributed by atoms with Crippen LogP contribution in [-0.4, -0.2) is 54.3 Å². The van der Waals surface area contributed by atoms with Crippen LogP contribution in [0, 0.1) is 5.92 Å². The third kappa shape index (κ3) is 7.29. The van der Waals surface area contributed by atoms with Gasteiger partial charge in [0, 0.05) is 23.9 Å². The number of likely N-dealkylation sites (tertiary alicyclic amines) is 1. The first-order valence-electron chi connectivity index (χ1n) is 11.2. The van der Waals surface area contributed by atoms with Crippen molar-refractivity contribution in [3.63, 3.8) is 0 Å². The summed E-state index contributed by atoms with van der Waals surface area (Å²) in [6, 6.07) is 11.9. The maximum Gasteiger partial charge on any atom is 0.339 e. The Bertz CT molecular complexity index is 946. The first-order chi connectivity index (χ1) is 15.8. The predicted molar refractivity (Wildman–Crippen MR) is 126 cm³/mol. The van der Waals surface area contributed by atoms with Crippen molar-refractivity contribution >= 4 is 23.5 Å². The second kappa shape index (κ2) is 11.8. The lowest BCUT2D eigenvalue weighted by Crippen LogP contribution is -2.45. The summed E-state index contributed by atoms with van der Waals surface area (Å²) < 4.78 is 17.3. The Morgan fingerprint density at radius 3 is 2.48 bits per heavy atom. The van der Waals surface area contributed by atoms with Crippen molar-refractivity contribution in [1.82, 2.24) is 4.90 Å². The van der Waals surface area contributed by atoms with Crippen LogP contribution in [0.3, 0.4) is 0 Å². The van der Waals surface area contributed by atoms with Crippen LogP contribution < -0.4 is 14.2 Å². The van der Waals surface area contributed by atoms with E-state index in [1.165, 1.54) is 6.07 Å². The first kappa shape index (κ1) is 24.7. The number of piperidine rings is 1. The summed E-state index contributed by atoms with van der Waals surface area (Å²) in [5.74, 6) is 0.404. The minimum Gasteiger partial charge on any atom is -0.493 e. The molecule has 0 spiro atoms. The highest BCUT2D eigenvalue weighted by Gasteiger charge is 2.26. The Morgan fingerprint density at radius 2 is 1.79 bits per heavy atom. The number of hydrogen-bond acceptors (Lipinski definition) is 5. The fourth-order valence-corrected chi connectivity index (χ4v) is 3.76. The Balaban J connectivity index is 1.52. The number of nitrogens with zero attached hydrogens (tertiary/aromatic N) is 1. The van der Waals surface area contributed by atoms with Gasteiger partial charge < -0.3 is 24.2 Å². The molecular weight excluding hydrogens is 446 g/mol. The van der Waals surface area contributed by atoms with Gasteiger partial charge in [-0.05, 0) is 55.3 Å². The van der Waals surface area contributed by atoms with Crippen LogP contribution in [0.1, 0.15) is 43.5 Å². The minimum absolute atomic E-state index is 0.0389. The molecule has 178 valence electrons. The fourth-order valence-electron chi connectivity index (χ4n) is 3.63. The van der Waals surface area contributed by atoms with Crippen LogP contribution in [0.25, 0.3) is 0 Å². The molecule has 1 aliphatic rings. The molecule has 33 heavy (non-hydrogen) atoms. The predicted octanol–water partition coefficient (Wildman–Crippen LogP) is 4.91. The first-order valence-corrected chi connectivity index (χ1v) is 11.5. The Labute approximate surface area is 199 Å². The topological polar surface area (TPSA) is 85.3 Å². The van der Waals surface area contributed by atoms with Gasteiger partial charge in [0.15, 0.2) is 0 Å². The van der Waals surface area contributed by atoms with Crippen LogP contribution in [0.2, 0.25) is 5.02 Å². The van der Waals surface area contributed by atoms with E-state index in [2.05, 4.69) is 0 Å². The van der Waals surface area contributed by atoms with Crippen molar-refractivity contribution in [3.05, 3.63) is 53.1 Å². The van der Waals surface area contributed by atoms with E-state index in [9.17, 15) is 14.7 Å². The maximum atomic E-state index is 12.3. The number of carbonyl (C=O) groups is 2. The fraction of sp³-hybridized carbons (Fsp3) is 0.440. The van der Waals surface area contributed by atoms with E-state index in [1.807, 2.05) is 18.7 Å². The zero-order valence-electron chi connectivity index (χ0n) is 19.0. The molecule has 1 unspecified atom stereocenters. The lowest BCUT2D eigenvalue weighted by atomic mass is 10.1. The van der Waals surface area contributed by atoms with Gasteiger partial charge in [0.05, 0.1) is 19.8 Å². The van der Waals surface area contributed by atoms with E-state index in [0.717, 1.165) is 19.4 Å². The number of carboxylic acid groups (broad SMARTS) is 1. The molecule has 1 atom stereocenters. The number of aromatic carboxylic acids is 1. The van der Waals surface area contributed by atoms with Gasteiger partial charge in [-0.15, -0.1) is 0 Å². The number of benzene rings is 2. The Kier molecular flexibility index (Phi) is 8.83. The molecule has 1 saturated heterocycles. The molecule has 1 heterocycles. The highest BCUT2D eigenvalue weighted by molar-refractivity contribution is 6.30. The Hall–Kier alpha value is -2.93.